The Morgan fingerprint density at radius 1 is 1.26 bits per heavy atom. The van der Waals surface area contributed by atoms with Gasteiger partial charge >= 0.3 is 0 Å². The van der Waals surface area contributed by atoms with E-state index >= 15 is 0 Å². The van der Waals surface area contributed by atoms with Crippen LogP contribution in [0.25, 0.3) is 11.0 Å². The van der Waals surface area contributed by atoms with Crippen molar-refractivity contribution in [2.45, 2.75) is 25.7 Å². The van der Waals surface area contributed by atoms with E-state index in [0.29, 0.717) is 15.7 Å². The third-order valence-corrected chi connectivity index (χ3v) is 3.93. The Labute approximate surface area is 116 Å². The molecule has 3 heterocycles. The molecule has 6 heteroatoms. The van der Waals surface area contributed by atoms with Gasteiger partial charge in [-0.3, -0.25) is 0 Å². The summed E-state index contributed by atoms with van der Waals surface area (Å²) in [6.07, 6.45) is 6.40. The molecule has 2 aromatic heterocycles. The summed E-state index contributed by atoms with van der Waals surface area (Å²) in [7, 11) is 0. The number of nitrogens with zero attached hydrogens (tertiary/aromatic N) is 3. The zero-order chi connectivity index (χ0) is 13.2. The molecule has 1 aliphatic rings. The van der Waals surface area contributed by atoms with E-state index in [2.05, 4.69) is 25.9 Å². The first kappa shape index (κ1) is 12.2. The van der Waals surface area contributed by atoms with Crippen LogP contribution in [0.3, 0.4) is 0 Å². The van der Waals surface area contributed by atoms with Gasteiger partial charge in [0.1, 0.15) is 33.1 Å². The Balaban J connectivity index is 2.15. The molecule has 1 saturated heterocycles. The van der Waals surface area contributed by atoms with Crippen molar-refractivity contribution in [1.82, 2.24) is 15.0 Å². The van der Waals surface area contributed by atoms with Crippen LogP contribution in [-0.2, 0) is 0 Å². The van der Waals surface area contributed by atoms with Crippen LogP contribution in [0.15, 0.2) is 6.33 Å². The van der Waals surface area contributed by atoms with Crippen molar-refractivity contribution in [3.8, 4) is 6.07 Å². The number of fused-ring (bicyclic) bond motifs is 1. The summed E-state index contributed by atoms with van der Waals surface area (Å²) >= 11 is 5.25. The molecule has 2 aromatic rings. The topological polar surface area (TPSA) is 71.5 Å². The quantitative estimate of drug-likeness (QED) is 0.784. The molecule has 2 N–H and O–H groups in total. The number of hydrogen-bond donors (Lipinski definition) is 2. The number of aromatic nitrogens is 3. The van der Waals surface area contributed by atoms with Crippen molar-refractivity contribution in [2.75, 3.05) is 18.0 Å². The minimum atomic E-state index is 0.600. The number of nitrogens with one attached hydrogen (secondary N) is 2. The molecule has 0 saturated carbocycles. The second-order valence-corrected chi connectivity index (χ2v) is 5.23. The lowest BCUT2D eigenvalue weighted by Crippen LogP contribution is -2.24. The van der Waals surface area contributed by atoms with Crippen LogP contribution in [0, 0.1) is 16.0 Å². The van der Waals surface area contributed by atoms with Gasteiger partial charge in [0.05, 0.1) is 6.33 Å². The smallest absolute Gasteiger partial charge is 0.130 e. The van der Waals surface area contributed by atoms with E-state index in [0.717, 1.165) is 24.4 Å². The number of anilines is 1. The maximum Gasteiger partial charge on any atom is 0.130 e. The van der Waals surface area contributed by atoms with Crippen LogP contribution in [0.2, 0.25) is 0 Å². The Morgan fingerprint density at radius 2 is 2.00 bits per heavy atom. The number of aromatic amines is 2. The summed E-state index contributed by atoms with van der Waals surface area (Å²) in [6.45, 7) is 1.97. The first-order valence-electron chi connectivity index (χ1n) is 6.55. The predicted molar refractivity (Wildman–Crippen MR) is 76.7 cm³/mol. The Kier molecular flexibility index (Phi) is 3.22. The van der Waals surface area contributed by atoms with Crippen LogP contribution in [0.5, 0.6) is 0 Å². The van der Waals surface area contributed by atoms with Crippen molar-refractivity contribution in [3.05, 3.63) is 16.5 Å². The molecular formula is C13H15N5S. The zero-order valence-electron chi connectivity index (χ0n) is 10.6. The molecule has 0 amide bonds. The average molecular weight is 273 g/mol. The molecule has 19 heavy (non-hydrogen) atoms. The van der Waals surface area contributed by atoms with Crippen molar-refractivity contribution < 1.29 is 0 Å². The monoisotopic (exact) mass is 273 g/mol. The van der Waals surface area contributed by atoms with Crippen LogP contribution in [0.4, 0.5) is 5.82 Å². The highest BCUT2D eigenvalue weighted by Gasteiger charge is 2.19. The van der Waals surface area contributed by atoms with Gasteiger partial charge < -0.3 is 14.9 Å². The van der Waals surface area contributed by atoms with E-state index in [9.17, 15) is 5.26 Å². The van der Waals surface area contributed by atoms with E-state index < -0.39 is 0 Å². The molecular weight excluding hydrogens is 258 g/mol. The molecule has 0 bridgehead atoms. The standard InChI is InChI=1S/C13H15N5S/c14-7-9-10-11(13(19)16-8-15-10)17-12(9)18-5-3-1-2-4-6-18/h8,17H,1-6H2,(H,15,16,19). The summed E-state index contributed by atoms with van der Waals surface area (Å²) in [4.78, 5) is 12.7. The molecule has 0 spiro atoms. The molecule has 5 nitrogen and oxygen atoms in total. The van der Waals surface area contributed by atoms with Crippen molar-refractivity contribution >= 4 is 29.1 Å². The van der Waals surface area contributed by atoms with Gasteiger partial charge in [0.15, 0.2) is 0 Å². The third kappa shape index (κ3) is 2.10. The van der Waals surface area contributed by atoms with E-state index in [1.54, 1.807) is 6.33 Å². The summed E-state index contributed by atoms with van der Waals surface area (Å²) in [5, 5.41) is 9.42. The lowest BCUT2D eigenvalue weighted by atomic mass is 10.2. The molecule has 0 unspecified atom stereocenters. The summed E-state index contributed by atoms with van der Waals surface area (Å²) in [5.41, 5.74) is 2.04. The number of rotatable bonds is 1. The van der Waals surface area contributed by atoms with Crippen LogP contribution in [0.1, 0.15) is 31.2 Å². The van der Waals surface area contributed by atoms with Crippen LogP contribution < -0.4 is 4.90 Å². The van der Waals surface area contributed by atoms with Gasteiger partial charge in [0, 0.05) is 13.1 Å². The molecule has 0 aliphatic carbocycles. The summed E-state index contributed by atoms with van der Waals surface area (Å²) in [5.74, 6) is 0.873. The van der Waals surface area contributed by atoms with E-state index in [-0.39, 0.29) is 0 Å². The Bertz CT molecular complexity index is 685. The summed E-state index contributed by atoms with van der Waals surface area (Å²) < 4.78 is 0.600. The number of hydrogen-bond acceptors (Lipinski definition) is 4. The zero-order valence-corrected chi connectivity index (χ0v) is 11.4. The minimum Gasteiger partial charge on any atom is -0.357 e. The molecule has 1 fully saturated rings. The van der Waals surface area contributed by atoms with Gasteiger partial charge in [-0.15, -0.1) is 0 Å². The molecule has 1 aliphatic heterocycles. The van der Waals surface area contributed by atoms with Crippen LogP contribution in [-0.4, -0.2) is 28.0 Å². The fourth-order valence-electron chi connectivity index (χ4n) is 2.64. The lowest BCUT2D eigenvalue weighted by Gasteiger charge is -2.20. The highest BCUT2D eigenvalue weighted by molar-refractivity contribution is 7.71. The van der Waals surface area contributed by atoms with Gasteiger partial charge in [-0.05, 0) is 12.8 Å². The highest BCUT2D eigenvalue weighted by atomic mass is 32.1. The van der Waals surface area contributed by atoms with Gasteiger partial charge in [-0.1, -0.05) is 25.1 Å². The molecule has 98 valence electrons. The van der Waals surface area contributed by atoms with Crippen molar-refractivity contribution in [3.63, 3.8) is 0 Å². The SMILES string of the molecule is N#Cc1c(N2CCCCCC2)[nH]c2c(=S)[nH]cnc12. The minimum absolute atomic E-state index is 0.600. The Morgan fingerprint density at radius 3 is 2.68 bits per heavy atom. The highest BCUT2D eigenvalue weighted by Crippen LogP contribution is 2.28. The molecule has 0 radical (unpaired) electrons. The largest absolute Gasteiger partial charge is 0.357 e. The second kappa shape index (κ2) is 5.02. The number of nitriles is 1. The summed E-state index contributed by atoms with van der Waals surface area (Å²) in [6, 6.07) is 2.27. The number of H-pyrrole nitrogens is 2. The Hall–Kier alpha value is -1.87. The fraction of sp³-hybridized carbons (Fsp3) is 0.462. The van der Waals surface area contributed by atoms with Gasteiger partial charge in [0.25, 0.3) is 0 Å². The molecule has 0 aromatic carbocycles. The van der Waals surface area contributed by atoms with Crippen molar-refractivity contribution in [2.24, 2.45) is 0 Å². The second-order valence-electron chi connectivity index (χ2n) is 4.82. The maximum atomic E-state index is 9.42. The normalized spacial score (nSPS) is 16.3. The van der Waals surface area contributed by atoms with Gasteiger partial charge in [-0.25, -0.2) is 4.98 Å². The average Bonchev–Trinajstić information content (AvgIpc) is 2.60. The first-order valence-corrected chi connectivity index (χ1v) is 6.96. The maximum absolute atomic E-state index is 9.42. The van der Waals surface area contributed by atoms with E-state index in [4.69, 9.17) is 12.2 Å². The molecule has 3 rings (SSSR count). The van der Waals surface area contributed by atoms with Crippen LogP contribution >= 0.6 is 12.2 Å². The lowest BCUT2D eigenvalue weighted by molar-refractivity contribution is 0.726. The van der Waals surface area contributed by atoms with Gasteiger partial charge in [0.2, 0.25) is 0 Å². The van der Waals surface area contributed by atoms with E-state index in [1.807, 2.05) is 0 Å². The van der Waals surface area contributed by atoms with E-state index in [1.165, 1.54) is 25.7 Å². The van der Waals surface area contributed by atoms with Gasteiger partial charge in [-0.2, -0.15) is 5.26 Å². The first-order chi connectivity index (χ1) is 9.31. The van der Waals surface area contributed by atoms with Crippen molar-refractivity contribution in [1.29, 1.82) is 5.26 Å². The predicted octanol–water partition coefficient (Wildman–Crippen LogP) is 2.87. The third-order valence-electron chi connectivity index (χ3n) is 3.60. The molecule has 0 atom stereocenters. The fourth-order valence-corrected chi connectivity index (χ4v) is 2.84.